The molecule has 1 aliphatic rings. The lowest BCUT2D eigenvalue weighted by Crippen LogP contribution is -2.11. The number of amides is 1. The molecule has 0 aliphatic heterocycles. The van der Waals surface area contributed by atoms with Gasteiger partial charge in [0.05, 0.1) is 12.8 Å². The molecule has 1 amide bonds. The van der Waals surface area contributed by atoms with Crippen LogP contribution in [0.5, 0.6) is 5.75 Å². The standard InChI is InChI=1S/C24H17BrN2O2S/c1-29-19-12-11-18(25)17-13-20-22(21(17)19)26-24(30-20)27-23(28)16-9-7-15(8-10-16)14-5-3-2-4-6-14/h2-12H,13H2,1H3,(H,26,27,28). The van der Waals surface area contributed by atoms with Crippen LogP contribution in [0.15, 0.2) is 71.2 Å². The molecule has 0 saturated carbocycles. The van der Waals surface area contributed by atoms with E-state index >= 15 is 0 Å². The number of methoxy groups -OCH3 is 1. The average molecular weight is 477 g/mol. The van der Waals surface area contributed by atoms with Gasteiger partial charge in [-0.2, -0.15) is 0 Å². The van der Waals surface area contributed by atoms with Crippen LogP contribution in [-0.2, 0) is 6.42 Å². The lowest BCUT2D eigenvalue weighted by molar-refractivity contribution is 0.102. The monoisotopic (exact) mass is 476 g/mol. The smallest absolute Gasteiger partial charge is 0.257 e. The summed E-state index contributed by atoms with van der Waals surface area (Å²) in [6.45, 7) is 0. The average Bonchev–Trinajstić information content (AvgIpc) is 3.33. The van der Waals surface area contributed by atoms with Crippen molar-refractivity contribution in [1.82, 2.24) is 4.98 Å². The Balaban J connectivity index is 1.38. The Labute approximate surface area is 186 Å². The minimum atomic E-state index is -0.163. The summed E-state index contributed by atoms with van der Waals surface area (Å²) in [6.07, 6.45) is 0.780. The largest absolute Gasteiger partial charge is 0.496 e. The number of anilines is 1. The molecule has 1 heterocycles. The molecular formula is C24H17BrN2O2S. The molecule has 4 aromatic rings. The molecule has 0 radical (unpaired) electrons. The van der Waals surface area contributed by atoms with Crippen molar-refractivity contribution in [2.45, 2.75) is 6.42 Å². The van der Waals surface area contributed by atoms with Crippen LogP contribution in [0, 0.1) is 0 Å². The van der Waals surface area contributed by atoms with Crippen molar-refractivity contribution >= 4 is 38.3 Å². The highest BCUT2D eigenvalue weighted by molar-refractivity contribution is 9.10. The van der Waals surface area contributed by atoms with Crippen LogP contribution in [0.25, 0.3) is 22.4 Å². The van der Waals surface area contributed by atoms with E-state index in [-0.39, 0.29) is 5.91 Å². The van der Waals surface area contributed by atoms with Gasteiger partial charge in [0.25, 0.3) is 5.91 Å². The Hall–Kier alpha value is -2.96. The number of carbonyl (C=O) groups is 1. The summed E-state index contributed by atoms with van der Waals surface area (Å²) >= 11 is 5.13. The number of thiazole rings is 1. The van der Waals surface area contributed by atoms with E-state index in [4.69, 9.17) is 9.72 Å². The van der Waals surface area contributed by atoms with Crippen molar-refractivity contribution in [3.05, 3.63) is 87.2 Å². The van der Waals surface area contributed by atoms with Crippen LogP contribution in [0.4, 0.5) is 5.13 Å². The lowest BCUT2D eigenvalue weighted by Gasteiger charge is -2.09. The number of carbonyl (C=O) groups excluding carboxylic acids is 1. The molecule has 0 spiro atoms. The first-order chi connectivity index (χ1) is 14.6. The van der Waals surface area contributed by atoms with Gasteiger partial charge in [0.15, 0.2) is 5.13 Å². The van der Waals surface area contributed by atoms with Gasteiger partial charge in [-0.15, -0.1) is 11.3 Å². The van der Waals surface area contributed by atoms with E-state index in [2.05, 4.69) is 33.4 Å². The highest BCUT2D eigenvalue weighted by Crippen LogP contribution is 2.48. The number of nitrogens with one attached hydrogen (secondary N) is 1. The van der Waals surface area contributed by atoms with Crippen molar-refractivity contribution in [3.63, 3.8) is 0 Å². The molecule has 30 heavy (non-hydrogen) atoms. The quantitative estimate of drug-likeness (QED) is 0.326. The van der Waals surface area contributed by atoms with Gasteiger partial charge in [0.1, 0.15) is 5.75 Å². The van der Waals surface area contributed by atoms with Gasteiger partial charge in [0.2, 0.25) is 0 Å². The van der Waals surface area contributed by atoms with E-state index in [1.165, 1.54) is 16.9 Å². The molecule has 0 bridgehead atoms. The first-order valence-electron chi connectivity index (χ1n) is 9.46. The second-order valence-electron chi connectivity index (χ2n) is 6.97. The minimum Gasteiger partial charge on any atom is -0.496 e. The van der Waals surface area contributed by atoms with Gasteiger partial charge in [0, 0.05) is 26.9 Å². The van der Waals surface area contributed by atoms with E-state index in [0.717, 1.165) is 43.9 Å². The summed E-state index contributed by atoms with van der Waals surface area (Å²) in [5.74, 6) is 0.634. The predicted molar refractivity (Wildman–Crippen MR) is 124 cm³/mol. The van der Waals surface area contributed by atoms with E-state index in [1.807, 2.05) is 54.6 Å². The van der Waals surface area contributed by atoms with Gasteiger partial charge >= 0.3 is 0 Å². The zero-order valence-corrected chi connectivity index (χ0v) is 18.5. The predicted octanol–water partition coefficient (Wildman–Crippen LogP) is 6.40. The fourth-order valence-corrected chi connectivity index (χ4v) is 5.14. The van der Waals surface area contributed by atoms with Gasteiger partial charge in [-0.05, 0) is 41.0 Å². The molecule has 0 fully saturated rings. The number of halogens is 1. The summed E-state index contributed by atoms with van der Waals surface area (Å²) in [5.41, 5.74) is 5.88. The third-order valence-electron chi connectivity index (χ3n) is 5.18. The minimum absolute atomic E-state index is 0.163. The number of rotatable bonds is 4. The molecule has 148 valence electrons. The van der Waals surface area contributed by atoms with Crippen molar-refractivity contribution in [2.75, 3.05) is 12.4 Å². The number of nitrogens with zero attached hydrogens (tertiary/aromatic N) is 1. The Morgan fingerprint density at radius 2 is 1.77 bits per heavy atom. The summed E-state index contributed by atoms with van der Waals surface area (Å²) in [6, 6.07) is 21.6. The number of hydrogen-bond acceptors (Lipinski definition) is 4. The second-order valence-corrected chi connectivity index (χ2v) is 8.91. The van der Waals surface area contributed by atoms with E-state index in [9.17, 15) is 4.79 Å². The third kappa shape index (κ3) is 3.32. The molecule has 0 saturated heterocycles. The van der Waals surface area contributed by atoms with E-state index in [1.54, 1.807) is 7.11 Å². The van der Waals surface area contributed by atoms with Gasteiger partial charge in [-0.3, -0.25) is 10.1 Å². The van der Waals surface area contributed by atoms with Crippen molar-refractivity contribution in [3.8, 4) is 28.1 Å². The maximum Gasteiger partial charge on any atom is 0.257 e. The van der Waals surface area contributed by atoms with Crippen molar-refractivity contribution < 1.29 is 9.53 Å². The van der Waals surface area contributed by atoms with Crippen LogP contribution in [-0.4, -0.2) is 18.0 Å². The van der Waals surface area contributed by atoms with Crippen LogP contribution in [0.3, 0.4) is 0 Å². The van der Waals surface area contributed by atoms with Crippen LogP contribution in [0.1, 0.15) is 20.8 Å². The molecular weight excluding hydrogens is 460 g/mol. The molecule has 6 heteroatoms. The highest BCUT2D eigenvalue weighted by atomic mass is 79.9. The third-order valence-corrected chi connectivity index (χ3v) is 6.90. The highest BCUT2D eigenvalue weighted by Gasteiger charge is 2.29. The zero-order valence-electron chi connectivity index (χ0n) is 16.1. The number of benzene rings is 3. The number of fused-ring (bicyclic) bond motifs is 3. The van der Waals surface area contributed by atoms with Crippen LogP contribution < -0.4 is 10.1 Å². The lowest BCUT2D eigenvalue weighted by atomic mass is 10.0. The van der Waals surface area contributed by atoms with Gasteiger partial charge < -0.3 is 4.74 Å². The van der Waals surface area contributed by atoms with Gasteiger partial charge in [-0.1, -0.05) is 58.4 Å². The molecule has 0 unspecified atom stereocenters. The fraction of sp³-hybridized carbons (Fsp3) is 0.0833. The molecule has 0 atom stereocenters. The van der Waals surface area contributed by atoms with E-state index < -0.39 is 0 Å². The second kappa shape index (κ2) is 7.70. The zero-order chi connectivity index (χ0) is 20.7. The maximum absolute atomic E-state index is 12.7. The number of aromatic nitrogens is 1. The van der Waals surface area contributed by atoms with Crippen molar-refractivity contribution in [1.29, 1.82) is 0 Å². The number of hydrogen-bond donors (Lipinski definition) is 1. The Morgan fingerprint density at radius 3 is 2.50 bits per heavy atom. The number of ether oxygens (including phenoxy) is 1. The Morgan fingerprint density at radius 1 is 1.03 bits per heavy atom. The van der Waals surface area contributed by atoms with Crippen molar-refractivity contribution in [2.24, 2.45) is 0 Å². The Bertz CT molecular complexity index is 1250. The molecule has 1 aromatic heterocycles. The normalized spacial score (nSPS) is 11.7. The van der Waals surface area contributed by atoms with Gasteiger partial charge in [-0.25, -0.2) is 4.98 Å². The first kappa shape index (κ1) is 19.0. The molecule has 3 aromatic carbocycles. The van der Waals surface area contributed by atoms with E-state index in [0.29, 0.717) is 10.7 Å². The molecule has 5 rings (SSSR count). The van der Waals surface area contributed by atoms with Crippen LogP contribution in [0.2, 0.25) is 0 Å². The molecule has 1 N–H and O–H groups in total. The Kier molecular flexibility index (Phi) is 4.89. The fourth-order valence-electron chi connectivity index (χ4n) is 3.70. The first-order valence-corrected chi connectivity index (χ1v) is 11.1. The SMILES string of the molecule is COc1ccc(Br)c2c1-c1nc(NC(=O)c3ccc(-c4ccccc4)cc3)sc1C2. The maximum atomic E-state index is 12.7. The molecule has 4 nitrogen and oxygen atoms in total. The van der Waals surface area contributed by atoms with Crippen LogP contribution >= 0.6 is 27.3 Å². The summed E-state index contributed by atoms with van der Waals surface area (Å²) in [7, 11) is 1.66. The summed E-state index contributed by atoms with van der Waals surface area (Å²) in [4.78, 5) is 18.6. The summed E-state index contributed by atoms with van der Waals surface area (Å²) in [5, 5.41) is 3.55. The summed E-state index contributed by atoms with van der Waals surface area (Å²) < 4.78 is 6.58. The topological polar surface area (TPSA) is 51.2 Å². The molecule has 1 aliphatic carbocycles.